The summed E-state index contributed by atoms with van der Waals surface area (Å²) in [7, 11) is -2.11. The molecule has 1 atom stereocenters. The quantitative estimate of drug-likeness (QED) is 0.826. The van der Waals surface area contributed by atoms with Crippen molar-refractivity contribution in [3.8, 4) is 11.5 Å². The second-order valence-corrected chi connectivity index (χ2v) is 7.60. The van der Waals surface area contributed by atoms with Crippen molar-refractivity contribution in [2.45, 2.75) is 24.3 Å². The summed E-state index contributed by atoms with van der Waals surface area (Å²) < 4.78 is 38.6. The average Bonchev–Trinajstić information content (AvgIpc) is 2.60. The molecule has 0 radical (unpaired) electrons. The zero-order chi connectivity index (χ0) is 18.0. The Morgan fingerprint density at radius 2 is 1.92 bits per heavy atom. The average molecular weight is 361 g/mol. The van der Waals surface area contributed by atoms with Crippen LogP contribution in [0.3, 0.4) is 0 Å². The Balaban J connectivity index is 1.76. The second kappa shape index (κ2) is 6.85. The van der Waals surface area contributed by atoms with Crippen molar-refractivity contribution in [1.82, 2.24) is 4.72 Å². The van der Waals surface area contributed by atoms with E-state index < -0.39 is 10.0 Å². The molecule has 0 spiro atoms. The van der Waals surface area contributed by atoms with Gasteiger partial charge in [-0.05, 0) is 49.2 Å². The molecule has 1 aliphatic heterocycles. The van der Waals surface area contributed by atoms with Gasteiger partial charge in [-0.15, -0.1) is 0 Å². The first-order valence-electron chi connectivity index (χ1n) is 7.82. The lowest BCUT2D eigenvalue weighted by atomic mass is 10.0. The van der Waals surface area contributed by atoms with Gasteiger partial charge >= 0.3 is 0 Å². The number of hydrogen-bond donors (Lipinski definition) is 1. The molecule has 0 aliphatic carbocycles. The predicted molar refractivity (Wildman–Crippen MR) is 92.7 cm³/mol. The molecule has 25 heavy (non-hydrogen) atoms. The van der Waals surface area contributed by atoms with Crippen LogP contribution >= 0.6 is 0 Å². The third kappa shape index (κ3) is 3.83. The molecule has 0 saturated heterocycles. The lowest BCUT2D eigenvalue weighted by molar-refractivity contribution is 0.101. The maximum atomic E-state index is 12.5. The number of rotatable bonds is 5. The highest BCUT2D eigenvalue weighted by molar-refractivity contribution is 7.89. The number of carbonyl (C=O) groups excluding carboxylic acids is 1. The summed E-state index contributed by atoms with van der Waals surface area (Å²) >= 11 is 0. The zero-order valence-corrected chi connectivity index (χ0v) is 14.8. The van der Waals surface area contributed by atoms with Gasteiger partial charge in [0.15, 0.2) is 5.78 Å². The van der Waals surface area contributed by atoms with Gasteiger partial charge < -0.3 is 9.47 Å². The third-order valence-corrected chi connectivity index (χ3v) is 5.60. The monoisotopic (exact) mass is 361 g/mol. The van der Waals surface area contributed by atoms with Crippen molar-refractivity contribution in [3.05, 3.63) is 53.6 Å². The molecular weight excluding hydrogens is 342 g/mol. The Morgan fingerprint density at radius 3 is 2.56 bits per heavy atom. The van der Waals surface area contributed by atoms with Crippen LogP contribution in [0.2, 0.25) is 0 Å². The van der Waals surface area contributed by atoms with E-state index in [-0.39, 0.29) is 23.3 Å². The predicted octanol–water partition coefficient (Wildman–Crippen LogP) is 2.18. The number of benzene rings is 2. The molecule has 2 aromatic carbocycles. The first-order valence-corrected chi connectivity index (χ1v) is 9.30. The molecule has 7 heteroatoms. The van der Waals surface area contributed by atoms with E-state index in [0.29, 0.717) is 17.7 Å². The highest BCUT2D eigenvalue weighted by atomic mass is 32.2. The Hall–Kier alpha value is -2.38. The largest absolute Gasteiger partial charge is 0.497 e. The van der Waals surface area contributed by atoms with Crippen LogP contribution in [-0.2, 0) is 16.4 Å². The van der Waals surface area contributed by atoms with Gasteiger partial charge in [0.2, 0.25) is 10.0 Å². The van der Waals surface area contributed by atoms with Crippen LogP contribution < -0.4 is 14.2 Å². The van der Waals surface area contributed by atoms with Gasteiger partial charge in [-0.25, -0.2) is 13.1 Å². The normalized spacial score (nSPS) is 16.6. The molecular formula is C18H19NO5S. The number of nitrogens with one attached hydrogen (secondary N) is 1. The van der Waals surface area contributed by atoms with Crippen molar-refractivity contribution in [3.63, 3.8) is 0 Å². The number of hydrogen-bond acceptors (Lipinski definition) is 5. The second-order valence-electron chi connectivity index (χ2n) is 5.89. The number of sulfonamides is 1. The van der Waals surface area contributed by atoms with E-state index in [2.05, 4.69) is 4.72 Å². The highest BCUT2D eigenvalue weighted by Crippen LogP contribution is 2.29. The maximum absolute atomic E-state index is 12.5. The molecule has 1 N–H and O–H groups in total. The van der Waals surface area contributed by atoms with Crippen LogP contribution in [0, 0.1) is 0 Å². The fraction of sp³-hybridized carbons (Fsp3) is 0.278. The third-order valence-electron chi connectivity index (χ3n) is 4.07. The number of Topliss-reactive ketones (excluding diaryl/α,β-unsaturated/α-hetero) is 1. The summed E-state index contributed by atoms with van der Waals surface area (Å²) in [5.74, 6) is 1.33. The van der Waals surface area contributed by atoms with E-state index in [1.807, 2.05) is 12.1 Å². The summed E-state index contributed by atoms with van der Waals surface area (Å²) in [5.41, 5.74) is 1.37. The topological polar surface area (TPSA) is 81.7 Å². The fourth-order valence-corrected chi connectivity index (χ4v) is 3.95. The van der Waals surface area contributed by atoms with Crippen molar-refractivity contribution in [2.75, 3.05) is 13.7 Å². The molecule has 1 aliphatic rings. The zero-order valence-electron chi connectivity index (χ0n) is 14.0. The van der Waals surface area contributed by atoms with Crippen LogP contribution in [-0.4, -0.2) is 34.0 Å². The van der Waals surface area contributed by atoms with E-state index >= 15 is 0 Å². The van der Waals surface area contributed by atoms with Crippen molar-refractivity contribution < 1.29 is 22.7 Å². The first kappa shape index (κ1) is 17.4. The van der Waals surface area contributed by atoms with Crippen molar-refractivity contribution >= 4 is 15.8 Å². The molecule has 1 heterocycles. The van der Waals surface area contributed by atoms with Crippen LogP contribution in [0.25, 0.3) is 0 Å². The van der Waals surface area contributed by atoms with Gasteiger partial charge in [0.05, 0.1) is 18.0 Å². The van der Waals surface area contributed by atoms with Crippen molar-refractivity contribution in [1.29, 1.82) is 0 Å². The van der Waals surface area contributed by atoms with Crippen molar-refractivity contribution in [2.24, 2.45) is 0 Å². The SMILES string of the molecule is COc1ccc2c(c1)C[C@@H](NS(=O)(=O)c1ccc(C(C)=O)cc1)CO2. The van der Waals surface area contributed by atoms with E-state index in [1.54, 1.807) is 13.2 Å². The minimum atomic E-state index is -3.69. The molecule has 0 fully saturated rings. The molecule has 0 amide bonds. The van der Waals surface area contributed by atoms with Gasteiger partial charge in [-0.1, -0.05) is 12.1 Å². The van der Waals surface area contributed by atoms with Gasteiger partial charge in [0, 0.05) is 5.56 Å². The Morgan fingerprint density at radius 1 is 1.20 bits per heavy atom. The molecule has 132 valence electrons. The number of ether oxygens (including phenoxy) is 2. The molecule has 0 bridgehead atoms. The minimum Gasteiger partial charge on any atom is -0.497 e. The molecule has 0 saturated carbocycles. The number of methoxy groups -OCH3 is 1. The first-order chi connectivity index (χ1) is 11.9. The number of ketones is 1. The molecule has 6 nitrogen and oxygen atoms in total. The Labute approximate surface area is 146 Å². The van der Waals surface area contributed by atoms with Gasteiger partial charge in [0.1, 0.15) is 18.1 Å². The Bertz CT molecular complexity index is 890. The number of carbonyl (C=O) groups is 1. The summed E-state index contributed by atoms with van der Waals surface area (Å²) in [6, 6.07) is 11.0. The lowest BCUT2D eigenvalue weighted by Gasteiger charge is -2.26. The maximum Gasteiger partial charge on any atom is 0.240 e. The standard InChI is InChI=1S/C18H19NO5S/c1-12(20)13-3-6-17(7-4-13)25(21,22)19-15-9-14-10-16(23-2)5-8-18(14)24-11-15/h3-8,10,15,19H,9,11H2,1-2H3/t15-/m1/s1. The van der Waals surface area contributed by atoms with Crippen LogP contribution in [0.5, 0.6) is 11.5 Å². The van der Waals surface area contributed by atoms with E-state index in [4.69, 9.17) is 9.47 Å². The molecule has 0 unspecified atom stereocenters. The van der Waals surface area contributed by atoms with E-state index in [0.717, 1.165) is 11.3 Å². The van der Waals surface area contributed by atoms with E-state index in [9.17, 15) is 13.2 Å². The lowest BCUT2D eigenvalue weighted by Crippen LogP contribution is -2.42. The molecule has 0 aromatic heterocycles. The van der Waals surface area contributed by atoms with Gasteiger partial charge in [-0.2, -0.15) is 0 Å². The Kier molecular flexibility index (Phi) is 4.78. The summed E-state index contributed by atoms with van der Waals surface area (Å²) in [6.45, 7) is 1.69. The minimum absolute atomic E-state index is 0.108. The smallest absolute Gasteiger partial charge is 0.240 e. The summed E-state index contributed by atoms with van der Waals surface area (Å²) in [5, 5.41) is 0. The summed E-state index contributed by atoms with van der Waals surface area (Å²) in [6.07, 6.45) is 0.511. The van der Waals surface area contributed by atoms with Crippen LogP contribution in [0.4, 0.5) is 0 Å². The van der Waals surface area contributed by atoms with Gasteiger partial charge in [0.25, 0.3) is 0 Å². The molecule has 2 aromatic rings. The molecule has 3 rings (SSSR count). The summed E-state index contributed by atoms with van der Waals surface area (Å²) in [4.78, 5) is 11.4. The van der Waals surface area contributed by atoms with E-state index in [1.165, 1.54) is 31.2 Å². The van der Waals surface area contributed by atoms with Crippen LogP contribution in [0.15, 0.2) is 47.4 Å². The van der Waals surface area contributed by atoms with Crippen LogP contribution in [0.1, 0.15) is 22.8 Å². The number of fused-ring (bicyclic) bond motifs is 1. The van der Waals surface area contributed by atoms with Gasteiger partial charge in [-0.3, -0.25) is 4.79 Å². The fourth-order valence-electron chi connectivity index (χ4n) is 2.73. The highest BCUT2D eigenvalue weighted by Gasteiger charge is 2.25.